The zero-order valence-electron chi connectivity index (χ0n) is 10.2. The van der Waals surface area contributed by atoms with E-state index in [1.807, 2.05) is 42.5 Å². The van der Waals surface area contributed by atoms with E-state index in [0.29, 0.717) is 11.1 Å². The van der Waals surface area contributed by atoms with Gasteiger partial charge in [-0.15, -0.1) is 0 Å². The number of carboxylic acids is 1. The molecule has 0 saturated carbocycles. The van der Waals surface area contributed by atoms with Crippen molar-refractivity contribution in [3.05, 3.63) is 60.4 Å². The van der Waals surface area contributed by atoms with Crippen molar-refractivity contribution in [1.82, 2.24) is 0 Å². The summed E-state index contributed by atoms with van der Waals surface area (Å²) in [5.41, 5.74) is 3.41. The minimum absolute atomic E-state index is 0.0287. The molecule has 0 aliphatic heterocycles. The molecule has 3 nitrogen and oxygen atoms in total. The average Bonchev–Trinajstić information content (AvgIpc) is 2.84. The molecule has 0 fully saturated rings. The lowest BCUT2D eigenvalue weighted by Gasteiger charge is -2.00. The molecule has 0 unspecified atom stereocenters. The number of fused-ring (bicyclic) bond motifs is 1. The first-order valence-electron chi connectivity index (χ1n) is 6.02. The summed E-state index contributed by atoms with van der Waals surface area (Å²) in [6.45, 7) is 0. The quantitative estimate of drug-likeness (QED) is 0.772. The normalized spacial score (nSPS) is 10.7. The Morgan fingerprint density at radius 1 is 1.05 bits per heavy atom. The average molecular weight is 252 g/mol. The maximum atomic E-state index is 10.8. The summed E-state index contributed by atoms with van der Waals surface area (Å²) in [4.78, 5) is 10.8. The Kier molecular flexibility index (Phi) is 2.80. The van der Waals surface area contributed by atoms with Gasteiger partial charge in [-0.2, -0.15) is 0 Å². The highest BCUT2D eigenvalue weighted by atomic mass is 16.4. The molecule has 0 aliphatic carbocycles. The lowest BCUT2D eigenvalue weighted by Crippen LogP contribution is -1.99. The van der Waals surface area contributed by atoms with E-state index in [9.17, 15) is 4.79 Å². The monoisotopic (exact) mass is 252 g/mol. The molecule has 94 valence electrons. The second-order valence-corrected chi connectivity index (χ2v) is 4.38. The summed E-state index contributed by atoms with van der Waals surface area (Å²) in [7, 11) is 0. The van der Waals surface area contributed by atoms with Crippen molar-refractivity contribution >= 4 is 16.9 Å². The lowest BCUT2D eigenvalue weighted by molar-refractivity contribution is -0.136. The highest BCUT2D eigenvalue weighted by Crippen LogP contribution is 2.32. The third-order valence-electron chi connectivity index (χ3n) is 3.11. The molecule has 19 heavy (non-hydrogen) atoms. The van der Waals surface area contributed by atoms with E-state index in [2.05, 4.69) is 0 Å². The molecular formula is C16H12O3. The number of carboxylic acid groups (broad SMARTS) is 1. The largest absolute Gasteiger partial charge is 0.481 e. The van der Waals surface area contributed by atoms with Crippen molar-refractivity contribution in [3.63, 3.8) is 0 Å². The second-order valence-electron chi connectivity index (χ2n) is 4.38. The van der Waals surface area contributed by atoms with E-state index in [1.165, 1.54) is 0 Å². The van der Waals surface area contributed by atoms with Gasteiger partial charge in [-0.05, 0) is 5.56 Å². The highest BCUT2D eigenvalue weighted by Gasteiger charge is 2.12. The van der Waals surface area contributed by atoms with Crippen LogP contribution in [0.15, 0.2) is 59.2 Å². The third kappa shape index (κ3) is 2.10. The maximum Gasteiger partial charge on any atom is 0.307 e. The fraction of sp³-hybridized carbons (Fsp3) is 0.0625. The standard InChI is InChI=1S/C16H12O3/c17-15(18)9-12-7-4-8-13-14(10-19-16(12)13)11-5-2-1-3-6-11/h1-8,10H,9H2,(H,17,18). The Hall–Kier alpha value is -2.55. The minimum Gasteiger partial charge on any atom is -0.481 e. The first-order valence-corrected chi connectivity index (χ1v) is 6.02. The van der Waals surface area contributed by atoms with Crippen LogP contribution in [0.5, 0.6) is 0 Å². The van der Waals surface area contributed by atoms with Gasteiger partial charge >= 0.3 is 5.97 Å². The smallest absolute Gasteiger partial charge is 0.307 e. The summed E-state index contributed by atoms with van der Waals surface area (Å²) < 4.78 is 5.57. The zero-order chi connectivity index (χ0) is 13.2. The molecule has 0 saturated heterocycles. The van der Waals surface area contributed by atoms with Gasteiger partial charge in [-0.3, -0.25) is 4.79 Å². The molecule has 1 heterocycles. The van der Waals surface area contributed by atoms with Crippen LogP contribution >= 0.6 is 0 Å². The number of para-hydroxylation sites is 1. The van der Waals surface area contributed by atoms with E-state index in [-0.39, 0.29) is 6.42 Å². The molecule has 0 atom stereocenters. The van der Waals surface area contributed by atoms with Crippen LogP contribution in [-0.4, -0.2) is 11.1 Å². The maximum absolute atomic E-state index is 10.8. The molecule has 0 aliphatic rings. The van der Waals surface area contributed by atoms with Crippen LogP contribution in [0.4, 0.5) is 0 Å². The lowest BCUT2D eigenvalue weighted by atomic mass is 10.0. The zero-order valence-corrected chi connectivity index (χ0v) is 10.2. The molecule has 0 amide bonds. The Bertz CT molecular complexity index is 726. The fourth-order valence-electron chi connectivity index (χ4n) is 2.26. The third-order valence-corrected chi connectivity index (χ3v) is 3.11. The van der Waals surface area contributed by atoms with Gasteiger partial charge in [0.15, 0.2) is 0 Å². The Morgan fingerprint density at radius 3 is 2.58 bits per heavy atom. The molecule has 3 rings (SSSR count). The van der Waals surface area contributed by atoms with Gasteiger partial charge < -0.3 is 9.52 Å². The number of carbonyl (C=O) groups is 1. The van der Waals surface area contributed by atoms with Gasteiger partial charge in [0, 0.05) is 16.5 Å². The molecular weight excluding hydrogens is 240 g/mol. The molecule has 3 aromatic rings. The van der Waals surface area contributed by atoms with Gasteiger partial charge in [0.2, 0.25) is 0 Å². The summed E-state index contributed by atoms with van der Waals surface area (Å²) in [6, 6.07) is 15.5. The Morgan fingerprint density at radius 2 is 1.84 bits per heavy atom. The number of hydrogen-bond donors (Lipinski definition) is 1. The fourth-order valence-corrected chi connectivity index (χ4v) is 2.26. The van der Waals surface area contributed by atoms with Gasteiger partial charge in [-0.1, -0.05) is 48.5 Å². The summed E-state index contributed by atoms with van der Waals surface area (Å²) >= 11 is 0. The number of furan rings is 1. The van der Waals surface area contributed by atoms with Gasteiger partial charge in [0.1, 0.15) is 5.58 Å². The highest BCUT2D eigenvalue weighted by molar-refractivity contribution is 5.96. The first kappa shape index (κ1) is 11.5. The second kappa shape index (κ2) is 4.61. The number of rotatable bonds is 3. The molecule has 3 heteroatoms. The van der Waals surface area contributed by atoms with Gasteiger partial charge in [0.25, 0.3) is 0 Å². The van der Waals surface area contributed by atoms with Crippen molar-refractivity contribution in [3.8, 4) is 11.1 Å². The number of benzene rings is 2. The molecule has 2 aromatic carbocycles. The van der Waals surface area contributed by atoms with E-state index in [0.717, 1.165) is 16.5 Å². The van der Waals surface area contributed by atoms with Crippen LogP contribution in [0.2, 0.25) is 0 Å². The SMILES string of the molecule is O=C(O)Cc1cccc2c(-c3ccccc3)coc12. The van der Waals surface area contributed by atoms with E-state index in [4.69, 9.17) is 9.52 Å². The van der Waals surface area contributed by atoms with E-state index in [1.54, 1.807) is 12.3 Å². The van der Waals surface area contributed by atoms with Crippen molar-refractivity contribution in [1.29, 1.82) is 0 Å². The molecule has 0 radical (unpaired) electrons. The first-order chi connectivity index (χ1) is 9.25. The van der Waals surface area contributed by atoms with Gasteiger partial charge in [-0.25, -0.2) is 0 Å². The van der Waals surface area contributed by atoms with Gasteiger partial charge in [0.05, 0.1) is 12.7 Å². The van der Waals surface area contributed by atoms with Crippen LogP contribution in [0.3, 0.4) is 0 Å². The predicted molar refractivity (Wildman–Crippen MR) is 73.0 cm³/mol. The minimum atomic E-state index is -0.856. The number of hydrogen-bond acceptors (Lipinski definition) is 2. The summed E-state index contributed by atoms with van der Waals surface area (Å²) in [5, 5.41) is 9.86. The van der Waals surface area contributed by atoms with E-state index < -0.39 is 5.97 Å². The van der Waals surface area contributed by atoms with Crippen LogP contribution in [0.25, 0.3) is 22.1 Å². The van der Waals surface area contributed by atoms with Crippen LogP contribution in [0.1, 0.15) is 5.56 Å². The molecule has 0 spiro atoms. The summed E-state index contributed by atoms with van der Waals surface area (Å²) in [5.74, 6) is -0.856. The van der Waals surface area contributed by atoms with E-state index >= 15 is 0 Å². The van der Waals surface area contributed by atoms with Crippen molar-refractivity contribution in [2.75, 3.05) is 0 Å². The summed E-state index contributed by atoms with van der Waals surface area (Å²) in [6.07, 6.45) is 1.66. The van der Waals surface area contributed by atoms with Crippen LogP contribution in [-0.2, 0) is 11.2 Å². The predicted octanol–water partition coefficient (Wildman–Crippen LogP) is 3.73. The Balaban J connectivity index is 2.17. The van der Waals surface area contributed by atoms with Crippen molar-refractivity contribution in [2.24, 2.45) is 0 Å². The molecule has 0 bridgehead atoms. The topological polar surface area (TPSA) is 50.4 Å². The molecule has 1 N–H and O–H groups in total. The Labute approximate surface area is 110 Å². The number of aliphatic carboxylic acids is 1. The van der Waals surface area contributed by atoms with Crippen LogP contribution < -0.4 is 0 Å². The van der Waals surface area contributed by atoms with Crippen molar-refractivity contribution < 1.29 is 14.3 Å². The van der Waals surface area contributed by atoms with Crippen LogP contribution in [0, 0.1) is 0 Å². The molecule has 1 aromatic heterocycles. The van der Waals surface area contributed by atoms with Crippen molar-refractivity contribution in [2.45, 2.75) is 6.42 Å².